The van der Waals surface area contributed by atoms with Gasteiger partial charge in [0.15, 0.2) is 0 Å². The molecule has 0 spiro atoms. The second-order valence-corrected chi connectivity index (χ2v) is 6.58. The number of aromatic nitrogens is 3. The normalized spacial score (nSPS) is 18.8. The Kier molecular flexibility index (Phi) is 3.17. The molecule has 2 aromatic rings. The minimum atomic E-state index is -0.0118. The topological polar surface area (TPSA) is 53.9 Å². The van der Waals surface area contributed by atoms with E-state index in [-0.39, 0.29) is 17.3 Å². The molecule has 2 aromatic heterocycles. The van der Waals surface area contributed by atoms with Gasteiger partial charge in [0.2, 0.25) is 0 Å². The van der Waals surface area contributed by atoms with E-state index in [0.717, 1.165) is 37.0 Å². The van der Waals surface area contributed by atoms with Gasteiger partial charge >= 0.3 is 5.69 Å². The van der Waals surface area contributed by atoms with E-state index >= 15 is 0 Å². The van der Waals surface area contributed by atoms with Gasteiger partial charge in [0.05, 0.1) is 17.2 Å². The molecule has 1 N–H and O–H groups in total. The van der Waals surface area contributed by atoms with Gasteiger partial charge in [-0.1, -0.05) is 0 Å². The third-order valence-corrected chi connectivity index (χ3v) is 4.30. The molecule has 0 amide bonds. The number of hydrogen-bond donors (Lipinski definition) is 1. The number of aromatic amines is 1. The summed E-state index contributed by atoms with van der Waals surface area (Å²) in [6.45, 7) is 8.81. The first-order valence-electron chi connectivity index (χ1n) is 7.26. The summed E-state index contributed by atoms with van der Waals surface area (Å²) in [5, 5.41) is 0. The first-order chi connectivity index (χ1) is 9.47. The van der Waals surface area contributed by atoms with E-state index in [1.165, 1.54) is 0 Å². The average molecular weight is 274 g/mol. The monoisotopic (exact) mass is 274 g/mol. The lowest BCUT2D eigenvalue weighted by atomic mass is 9.98. The van der Waals surface area contributed by atoms with Crippen LogP contribution in [0.4, 0.5) is 0 Å². The standard InChI is InChI=1S/C15H22N4O/c1-15(2,3)18-8-5-11(6-9-18)19-13-10-16-7-4-12(13)17-14(19)20/h4,7,10-11H,5-6,8-9H2,1-3H3,(H,17,20). The lowest BCUT2D eigenvalue weighted by molar-refractivity contribution is 0.0900. The number of piperidine rings is 1. The van der Waals surface area contributed by atoms with Gasteiger partial charge in [0.25, 0.3) is 0 Å². The quantitative estimate of drug-likeness (QED) is 0.867. The lowest BCUT2D eigenvalue weighted by Crippen LogP contribution is -2.47. The first kappa shape index (κ1) is 13.4. The van der Waals surface area contributed by atoms with Gasteiger partial charge in [-0.15, -0.1) is 0 Å². The van der Waals surface area contributed by atoms with Gasteiger partial charge in [-0.05, 0) is 39.7 Å². The van der Waals surface area contributed by atoms with Crippen LogP contribution in [0.15, 0.2) is 23.3 Å². The molecule has 3 rings (SSSR count). The summed E-state index contributed by atoms with van der Waals surface area (Å²) in [6.07, 6.45) is 5.52. The number of hydrogen-bond acceptors (Lipinski definition) is 3. The smallest absolute Gasteiger partial charge is 0.305 e. The Hall–Kier alpha value is -1.62. The summed E-state index contributed by atoms with van der Waals surface area (Å²) in [6, 6.07) is 2.14. The van der Waals surface area contributed by atoms with Gasteiger partial charge in [-0.3, -0.25) is 14.5 Å². The van der Waals surface area contributed by atoms with Crippen LogP contribution in [0.25, 0.3) is 11.0 Å². The van der Waals surface area contributed by atoms with E-state index in [9.17, 15) is 4.79 Å². The van der Waals surface area contributed by atoms with E-state index in [0.29, 0.717) is 0 Å². The fraction of sp³-hybridized carbons (Fsp3) is 0.600. The zero-order chi connectivity index (χ0) is 14.3. The number of fused-ring (bicyclic) bond motifs is 1. The molecule has 0 atom stereocenters. The lowest BCUT2D eigenvalue weighted by Gasteiger charge is -2.41. The Labute approximate surface area is 118 Å². The van der Waals surface area contributed by atoms with Crippen molar-refractivity contribution in [3.8, 4) is 0 Å². The summed E-state index contributed by atoms with van der Waals surface area (Å²) < 4.78 is 1.89. The molecule has 0 radical (unpaired) electrons. The fourth-order valence-electron chi connectivity index (χ4n) is 3.13. The van der Waals surface area contributed by atoms with Gasteiger partial charge in [-0.25, -0.2) is 4.79 Å². The van der Waals surface area contributed by atoms with E-state index < -0.39 is 0 Å². The summed E-state index contributed by atoms with van der Waals surface area (Å²) in [4.78, 5) is 21.7. The van der Waals surface area contributed by atoms with Crippen molar-refractivity contribution in [3.63, 3.8) is 0 Å². The average Bonchev–Trinajstić information content (AvgIpc) is 2.73. The number of likely N-dealkylation sites (tertiary alicyclic amines) is 1. The SMILES string of the molecule is CC(C)(C)N1CCC(n2c(=O)[nH]c3ccncc32)CC1. The van der Waals surface area contributed by atoms with E-state index in [1.807, 2.05) is 10.6 Å². The number of rotatable bonds is 1. The zero-order valence-electron chi connectivity index (χ0n) is 12.4. The number of nitrogens with one attached hydrogen (secondary N) is 1. The Balaban J connectivity index is 1.87. The van der Waals surface area contributed by atoms with Crippen LogP contribution in [-0.2, 0) is 0 Å². The van der Waals surface area contributed by atoms with Gasteiger partial charge in [0, 0.05) is 30.9 Å². The molecule has 108 valence electrons. The molecule has 0 bridgehead atoms. The molecule has 1 saturated heterocycles. The van der Waals surface area contributed by atoms with Gasteiger partial charge in [-0.2, -0.15) is 0 Å². The van der Waals surface area contributed by atoms with Crippen molar-refractivity contribution in [2.45, 2.75) is 45.2 Å². The largest absolute Gasteiger partial charge is 0.326 e. The molecule has 1 aliphatic heterocycles. The Bertz CT molecular complexity index is 656. The number of pyridine rings is 1. The van der Waals surface area contributed by atoms with Crippen LogP contribution in [0.3, 0.4) is 0 Å². The minimum absolute atomic E-state index is 0.0118. The number of imidazole rings is 1. The molecule has 5 nitrogen and oxygen atoms in total. The van der Waals surface area contributed by atoms with E-state index in [1.54, 1.807) is 12.4 Å². The predicted molar refractivity (Wildman–Crippen MR) is 80.0 cm³/mol. The summed E-state index contributed by atoms with van der Waals surface area (Å²) in [5.41, 5.74) is 2.00. The van der Waals surface area contributed by atoms with Crippen LogP contribution in [-0.4, -0.2) is 38.1 Å². The Morgan fingerprint density at radius 3 is 2.65 bits per heavy atom. The van der Waals surface area contributed by atoms with Crippen LogP contribution in [0.1, 0.15) is 39.7 Å². The number of H-pyrrole nitrogens is 1. The van der Waals surface area contributed by atoms with Crippen molar-refractivity contribution in [1.82, 2.24) is 19.4 Å². The van der Waals surface area contributed by atoms with E-state index in [2.05, 4.69) is 35.6 Å². The fourth-order valence-corrected chi connectivity index (χ4v) is 3.13. The Morgan fingerprint density at radius 1 is 1.30 bits per heavy atom. The molecular weight excluding hydrogens is 252 g/mol. The maximum atomic E-state index is 12.2. The summed E-state index contributed by atoms with van der Waals surface area (Å²) in [5.74, 6) is 0. The summed E-state index contributed by atoms with van der Waals surface area (Å²) in [7, 11) is 0. The van der Waals surface area contributed by atoms with Crippen molar-refractivity contribution >= 4 is 11.0 Å². The second-order valence-electron chi connectivity index (χ2n) is 6.58. The third kappa shape index (κ3) is 2.26. The molecule has 0 aromatic carbocycles. The van der Waals surface area contributed by atoms with Crippen LogP contribution in [0, 0.1) is 0 Å². The van der Waals surface area contributed by atoms with Crippen molar-refractivity contribution in [2.75, 3.05) is 13.1 Å². The molecular formula is C15H22N4O. The maximum absolute atomic E-state index is 12.2. The first-order valence-corrected chi connectivity index (χ1v) is 7.26. The molecule has 0 saturated carbocycles. The highest BCUT2D eigenvalue weighted by molar-refractivity contribution is 5.73. The maximum Gasteiger partial charge on any atom is 0.326 e. The van der Waals surface area contributed by atoms with Crippen LogP contribution in [0.2, 0.25) is 0 Å². The van der Waals surface area contributed by atoms with Crippen LogP contribution >= 0.6 is 0 Å². The van der Waals surface area contributed by atoms with Crippen molar-refractivity contribution in [3.05, 3.63) is 28.9 Å². The van der Waals surface area contributed by atoms with Gasteiger partial charge in [0.1, 0.15) is 0 Å². The van der Waals surface area contributed by atoms with Gasteiger partial charge < -0.3 is 4.98 Å². The van der Waals surface area contributed by atoms with Crippen molar-refractivity contribution in [1.29, 1.82) is 0 Å². The van der Waals surface area contributed by atoms with Crippen LogP contribution < -0.4 is 5.69 Å². The molecule has 20 heavy (non-hydrogen) atoms. The third-order valence-electron chi connectivity index (χ3n) is 4.30. The zero-order valence-corrected chi connectivity index (χ0v) is 12.4. The second kappa shape index (κ2) is 4.74. The van der Waals surface area contributed by atoms with Crippen molar-refractivity contribution in [2.24, 2.45) is 0 Å². The van der Waals surface area contributed by atoms with Crippen molar-refractivity contribution < 1.29 is 0 Å². The number of nitrogens with zero attached hydrogens (tertiary/aromatic N) is 3. The van der Waals surface area contributed by atoms with Crippen LogP contribution in [0.5, 0.6) is 0 Å². The highest BCUT2D eigenvalue weighted by atomic mass is 16.1. The molecule has 5 heteroatoms. The molecule has 1 aliphatic rings. The Morgan fingerprint density at radius 2 is 2.00 bits per heavy atom. The molecule has 0 aliphatic carbocycles. The van der Waals surface area contributed by atoms with E-state index in [4.69, 9.17) is 0 Å². The molecule has 3 heterocycles. The highest BCUT2D eigenvalue weighted by Gasteiger charge is 2.28. The summed E-state index contributed by atoms with van der Waals surface area (Å²) >= 11 is 0. The molecule has 1 fully saturated rings. The highest BCUT2D eigenvalue weighted by Crippen LogP contribution is 2.27. The minimum Gasteiger partial charge on any atom is -0.305 e. The predicted octanol–water partition coefficient (Wildman–Crippen LogP) is 2.16. The molecule has 0 unspecified atom stereocenters.